The van der Waals surface area contributed by atoms with Crippen LogP contribution in [-0.4, -0.2) is 55.0 Å². The van der Waals surface area contributed by atoms with Gasteiger partial charge in [-0.15, -0.1) is 6.58 Å². The van der Waals surface area contributed by atoms with Crippen LogP contribution >= 0.6 is 22.6 Å². The molecular weight excluding hydrogens is 551 g/mol. The van der Waals surface area contributed by atoms with E-state index in [0.717, 1.165) is 9.13 Å². The molecule has 0 amide bonds. The third-order valence-corrected chi connectivity index (χ3v) is 5.93. The first-order valence-electron chi connectivity index (χ1n) is 11.3. The second kappa shape index (κ2) is 13.8. The first-order valence-corrected chi connectivity index (χ1v) is 12.4. The van der Waals surface area contributed by atoms with E-state index < -0.39 is 36.7 Å². The molecule has 1 aliphatic heterocycles. The Hall–Kier alpha value is -1.98. The summed E-state index contributed by atoms with van der Waals surface area (Å²) in [6.45, 7) is 6.20. The quantitative estimate of drug-likeness (QED) is 0.228. The highest BCUT2D eigenvalue weighted by Crippen LogP contribution is 2.29. The lowest BCUT2D eigenvalue weighted by Gasteiger charge is -2.43. The van der Waals surface area contributed by atoms with Gasteiger partial charge in [0.15, 0.2) is 6.10 Å². The number of esters is 1. The molecule has 1 heterocycles. The minimum Gasteiger partial charge on any atom is -0.461 e. The number of hydrogen-bond donors (Lipinski definition) is 1. The summed E-state index contributed by atoms with van der Waals surface area (Å²) in [7, 11) is 0. The van der Waals surface area contributed by atoms with Crippen LogP contribution in [0, 0.1) is 3.57 Å². The second-order valence-corrected chi connectivity index (χ2v) is 9.14. The van der Waals surface area contributed by atoms with Crippen LogP contribution in [0.15, 0.2) is 67.3 Å². The zero-order chi connectivity index (χ0) is 24.3. The molecule has 34 heavy (non-hydrogen) atoms. The van der Waals surface area contributed by atoms with Crippen LogP contribution in [-0.2, 0) is 30.3 Å². The number of benzene rings is 2. The number of aliphatic hydroxyl groups excluding tert-OH is 1. The average Bonchev–Trinajstić information content (AvgIpc) is 2.83. The molecule has 0 aliphatic carbocycles. The molecular formula is C26H31IO7. The molecule has 184 valence electrons. The van der Waals surface area contributed by atoms with Crippen molar-refractivity contribution in [2.75, 3.05) is 13.2 Å². The van der Waals surface area contributed by atoms with E-state index in [0.29, 0.717) is 18.8 Å². The molecule has 1 fully saturated rings. The van der Waals surface area contributed by atoms with E-state index in [-0.39, 0.29) is 19.6 Å². The highest BCUT2D eigenvalue weighted by atomic mass is 127. The second-order valence-electron chi connectivity index (χ2n) is 7.90. The van der Waals surface area contributed by atoms with Crippen molar-refractivity contribution in [3.63, 3.8) is 0 Å². The number of halogens is 1. The van der Waals surface area contributed by atoms with E-state index >= 15 is 0 Å². The van der Waals surface area contributed by atoms with E-state index in [1.165, 1.54) is 0 Å². The lowest BCUT2D eigenvalue weighted by atomic mass is 9.98. The van der Waals surface area contributed by atoms with Crippen LogP contribution in [0.5, 0.6) is 5.75 Å². The Balaban J connectivity index is 1.78. The highest BCUT2D eigenvalue weighted by Gasteiger charge is 2.49. The van der Waals surface area contributed by atoms with Crippen molar-refractivity contribution in [1.29, 1.82) is 0 Å². The molecule has 0 bridgehead atoms. The Kier molecular flexibility index (Phi) is 10.8. The lowest BCUT2D eigenvalue weighted by Crippen LogP contribution is -2.62. The summed E-state index contributed by atoms with van der Waals surface area (Å²) >= 11 is 2.21. The summed E-state index contributed by atoms with van der Waals surface area (Å²) in [5.41, 5.74) is 1.00. The summed E-state index contributed by atoms with van der Waals surface area (Å²) in [6, 6.07) is 17.1. The normalized spacial score (nSPS) is 24.4. The number of ether oxygens (including phenoxy) is 5. The fourth-order valence-corrected chi connectivity index (χ4v) is 3.91. The predicted molar refractivity (Wildman–Crippen MR) is 135 cm³/mol. The molecule has 0 aromatic heterocycles. The Morgan fingerprint density at radius 3 is 2.56 bits per heavy atom. The van der Waals surface area contributed by atoms with Crippen LogP contribution < -0.4 is 4.74 Å². The van der Waals surface area contributed by atoms with Crippen molar-refractivity contribution in [2.45, 2.75) is 57.1 Å². The summed E-state index contributed by atoms with van der Waals surface area (Å²) in [4.78, 5) is 12.4. The summed E-state index contributed by atoms with van der Waals surface area (Å²) in [6.07, 6.45) is -2.27. The van der Waals surface area contributed by atoms with Gasteiger partial charge in [-0.3, -0.25) is 4.79 Å². The first-order chi connectivity index (χ1) is 16.5. The molecule has 0 radical (unpaired) electrons. The summed E-state index contributed by atoms with van der Waals surface area (Å²) in [5.74, 6) is 0.135. The zero-order valence-electron chi connectivity index (χ0n) is 19.2. The van der Waals surface area contributed by atoms with Gasteiger partial charge in [-0.05, 0) is 58.8 Å². The molecule has 0 unspecified atom stereocenters. The van der Waals surface area contributed by atoms with E-state index in [1.807, 2.05) is 61.5 Å². The summed E-state index contributed by atoms with van der Waals surface area (Å²) in [5, 5.41) is 11.1. The van der Waals surface area contributed by atoms with E-state index in [9.17, 15) is 9.90 Å². The van der Waals surface area contributed by atoms with Crippen LogP contribution in [0.25, 0.3) is 0 Å². The van der Waals surface area contributed by atoms with Gasteiger partial charge in [0.05, 0.1) is 19.8 Å². The monoisotopic (exact) mass is 582 g/mol. The topological polar surface area (TPSA) is 83.5 Å². The number of rotatable bonds is 12. The molecule has 3 rings (SSSR count). The maximum absolute atomic E-state index is 12.4. The highest BCUT2D eigenvalue weighted by molar-refractivity contribution is 14.1. The lowest BCUT2D eigenvalue weighted by molar-refractivity contribution is -0.291. The molecule has 8 heteroatoms. The Morgan fingerprint density at radius 1 is 1.15 bits per heavy atom. The van der Waals surface area contributed by atoms with Gasteiger partial charge in [0, 0.05) is 9.99 Å². The van der Waals surface area contributed by atoms with Crippen molar-refractivity contribution in [3.8, 4) is 5.75 Å². The largest absolute Gasteiger partial charge is 0.461 e. The van der Waals surface area contributed by atoms with Gasteiger partial charge in [-0.25, -0.2) is 0 Å². The minimum absolute atomic E-state index is 0.103. The molecule has 7 nitrogen and oxygen atoms in total. The van der Waals surface area contributed by atoms with E-state index in [1.54, 1.807) is 6.08 Å². The Morgan fingerprint density at radius 2 is 1.88 bits per heavy atom. The minimum atomic E-state index is -1.10. The SMILES string of the molecule is C=CCO[C@H]1[C@H](O)[C@@H](COCc2ccccc2)O[C@@H](Oc2ccc(I)cc2)[C@@H]1OC(=O)CCC. The molecule has 5 atom stereocenters. The maximum Gasteiger partial charge on any atom is 0.306 e. The smallest absolute Gasteiger partial charge is 0.306 e. The van der Waals surface area contributed by atoms with E-state index in [4.69, 9.17) is 23.7 Å². The molecule has 0 spiro atoms. The summed E-state index contributed by atoms with van der Waals surface area (Å²) < 4.78 is 30.6. The third-order valence-electron chi connectivity index (χ3n) is 5.21. The molecule has 2 aromatic rings. The number of carbonyl (C=O) groups excluding carboxylic acids is 1. The van der Waals surface area contributed by atoms with Gasteiger partial charge in [0.2, 0.25) is 6.29 Å². The molecule has 1 N–H and O–H groups in total. The molecule has 1 saturated heterocycles. The van der Waals surface area contributed by atoms with Gasteiger partial charge in [-0.2, -0.15) is 0 Å². The van der Waals surface area contributed by atoms with Crippen molar-refractivity contribution >= 4 is 28.6 Å². The first kappa shape index (κ1) is 26.6. The molecule has 2 aromatic carbocycles. The standard InChI is InChI=1S/C26H31IO7/c1-3-8-22(28)34-25-24(31-15-4-2)23(29)21(17-30-16-18-9-6-5-7-10-18)33-26(25)32-20-13-11-19(27)12-14-20/h4-7,9-14,21,23-26,29H,2-3,8,15-17H2,1H3/t21-,23-,24+,25-,26-/m1/s1. The van der Waals surface area contributed by atoms with Crippen molar-refractivity contribution < 1.29 is 33.6 Å². The number of hydrogen-bond acceptors (Lipinski definition) is 7. The van der Waals surface area contributed by atoms with Crippen molar-refractivity contribution in [3.05, 3.63) is 76.4 Å². The van der Waals surface area contributed by atoms with Crippen molar-refractivity contribution in [2.24, 2.45) is 0 Å². The van der Waals surface area contributed by atoms with Crippen LogP contribution in [0.2, 0.25) is 0 Å². The van der Waals surface area contributed by atoms with Crippen LogP contribution in [0.3, 0.4) is 0 Å². The third kappa shape index (κ3) is 7.78. The molecule has 1 aliphatic rings. The number of carbonyl (C=O) groups is 1. The zero-order valence-corrected chi connectivity index (χ0v) is 21.3. The predicted octanol–water partition coefficient (Wildman–Crippen LogP) is 4.26. The Bertz CT molecular complexity index is 890. The average molecular weight is 582 g/mol. The van der Waals surface area contributed by atoms with Gasteiger partial charge in [0.1, 0.15) is 24.1 Å². The van der Waals surface area contributed by atoms with Gasteiger partial charge in [0.25, 0.3) is 0 Å². The van der Waals surface area contributed by atoms with Crippen LogP contribution in [0.1, 0.15) is 25.3 Å². The van der Waals surface area contributed by atoms with Gasteiger partial charge in [-0.1, -0.05) is 43.3 Å². The van der Waals surface area contributed by atoms with Crippen LogP contribution in [0.4, 0.5) is 0 Å². The van der Waals surface area contributed by atoms with Gasteiger partial charge >= 0.3 is 5.97 Å². The van der Waals surface area contributed by atoms with Crippen molar-refractivity contribution in [1.82, 2.24) is 0 Å². The van der Waals surface area contributed by atoms with E-state index in [2.05, 4.69) is 29.2 Å². The fraction of sp³-hybridized carbons (Fsp3) is 0.423. The number of aliphatic hydroxyl groups is 1. The molecule has 0 saturated carbocycles. The fourth-order valence-electron chi connectivity index (χ4n) is 3.55. The Labute approximate surface area is 214 Å². The maximum atomic E-state index is 12.4. The van der Waals surface area contributed by atoms with Gasteiger partial charge < -0.3 is 28.8 Å².